The van der Waals surface area contributed by atoms with Crippen molar-refractivity contribution in [2.45, 2.75) is 32.1 Å². The van der Waals surface area contributed by atoms with Crippen LogP contribution >= 0.6 is 0 Å². The number of pyridine rings is 1. The zero-order chi connectivity index (χ0) is 13.3. The highest BCUT2D eigenvalue weighted by molar-refractivity contribution is 5.86. The Balaban J connectivity index is 2.45. The molecule has 18 heavy (non-hydrogen) atoms. The zero-order valence-electron chi connectivity index (χ0n) is 10.4. The minimum absolute atomic E-state index is 0.0957. The van der Waals surface area contributed by atoms with Crippen LogP contribution in [0.15, 0.2) is 10.9 Å². The molecule has 0 aliphatic heterocycles. The van der Waals surface area contributed by atoms with Crippen molar-refractivity contribution < 1.29 is 9.53 Å². The summed E-state index contributed by atoms with van der Waals surface area (Å²) in [6.07, 6.45) is 1.35. The maximum absolute atomic E-state index is 11.9. The van der Waals surface area contributed by atoms with E-state index in [9.17, 15) is 9.59 Å². The third-order valence-electron chi connectivity index (χ3n) is 3.27. The van der Waals surface area contributed by atoms with Gasteiger partial charge in [0.25, 0.3) is 5.56 Å². The number of nitriles is 1. The fourth-order valence-electron chi connectivity index (χ4n) is 2.06. The van der Waals surface area contributed by atoms with Crippen molar-refractivity contribution in [2.24, 2.45) is 0 Å². The standard InChI is InChI=1S/C13H14N2O3/c1-3-18-12(17)13(4-5-13)10-6-8(2)9(7-14)11(16)15-10/h6H,3-5H2,1-2H3,(H,15,16). The van der Waals surface area contributed by atoms with Crippen molar-refractivity contribution in [3.05, 3.63) is 33.2 Å². The molecule has 94 valence electrons. The van der Waals surface area contributed by atoms with Crippen LogP contribution in [-0.4, -0.2) is 17.6 Å². The summed E-state index contributed by atoms with van der Waals surface area (Å²) in [7, 11) is 0. The van der Waals surface area contributed by atoms with E-state index in [-0.39, 0.29) is 11.5 Å². The van der Waals surface area contributed by atoms with Gasteiger partial charge in [0.1, 0.15) is 17.0 Å². The number of ether oxygens (including phenoxy) is 1. The second-order valence-corrected chi connectivity index (χ2v) is 4.48. The molecule has 1 aromatic rings. The number of hydrogen-bond donors (Lipinski definition) is 1. The van der Waals surface area contributed by atoms with Crippen LogP contribution in [0.5, 0.6) is 0 Å². The number of carbonyl (C=O) groups is 1. The summed E-state index contributed by atoms with van der Waals surface area (Å²) in [5.41, 5.74) is 0.101. The first kappa shape index (κ1) is 12.4. The lowest BCUT2D eigenvalue weighted by Crippen LogP contribution is -2.27. The maximum atomic E-state index is 11.9. The highest BCUT2D eigenvalue weighted by Crippen LogP contribution is 2.48. The minimum atomic E-state index is -0.700. The molecular weight excluding hydrogens is 232 g/mol. The van der Waals surface area contributed by atoms with Crippen molar-refractivity contribution >= 4 is 5.97 Å². The molecule has 0 radical (unpaired) electrons. The molecule has 5 heteroatoms. The molecule has 1 aromatic heterocycles. The number of nitrogens with one attached hydrogen (secondary N) is 1. The van der Waals surface area contributed by atoms with E-state index in [4.69, 9.17) is 10.00 Å². The van der Waals surface area contributed by atoms with E-state index in [0.29, 0.717) is 30.7 Å². The number of rotatable bonds is 3. The minimum Gasteiger partial charge on any atom is -0.465 e. The number of nitrogens with zero attached hydrogens (tertiary/aromatic N) is 1. The molecule has 2 rings (SSSR count). The third-order valence-corrected chi connectivity index (χ3v) is 3.27. The van der Waals surface area contributed by atoms with E-state index in [1.165, 1.54) is 0 Å². The van der Waals surface area contributed by atoms with Gasteiger partial charge >= 0.3 is 5.97 Å². The molecule has 1 fully saturated rings. The molecule has 5 nitrogen and oxygen atoms in total. The van der Waals surface area contributed by atoms with Crippen LogP contribution in [0.4, 0.5) is 0 Å². The lowest BCUT2D eigenvalue weighted by molar-refractivity contribution is -0.146. The molecule has 1 aliphatic carbocycles. The first-order valence-electron chi connectivity index (χ1n) is 5.87. The quantitative estimate of drug-likeness (QED) is 0.811. The van der Waals surface area contributed by atoms with E-state index in [0.717, 1.165) is 0 Å². The van der Waals surface area contributed by atoms with Gasteiger partial charge in [0.05, 0.1) is 6.61 Å². The van der Waals surface area contributed by atoms with Gasteiger partial charge in [0.15, 0.2) is 0 Å². The van der Waals surface area contributed by atoms with Gasteiger partial charge in [-0.05, 0) is 38.3 Å². The fraction of sp³-hybridized carbons (Fsp3) is 0.462. The Morgan fingerprint density at radius 2 is 2.28 bits per heavy atom. The van der Waals surface area contributed by atoms with E-state index >= 15 is 0 Å². The SMILES string of the molecule is CCOC(=O)C1(c2cc(C)c(C#N)c(=O)[nH]2)CC1. The maximum Gasteiger partial charge on any atom is 0.318 e. The van der Waals surface area contributed by atoms with Gasteiger partial charge in [-0.1, -0.05) is 0 Å². The Morgan fingerprint density at radius 3 is 2.72 bits per heavy atom. The molecule has 1 N–H and O–H groups in total. The van der Waals surface area contributed by atoms with Crippen molar-refractivity contribution in [1.82, 2.24) is 4.98 Å². The van der Waals surface area contributed by atoms with Gasteiger partial charge in [0, 0.05) is 5.69 Å². The predicted octanol–water partition coefficient (Wildman–Crippen LogP) is 1.15. The van der Waals surface area contributed by atoms with Crippen LogP contribution in [0.25, 0.3) is 0 Å². The van der Waals surface area contributed by atoms with Crippen LogP contribution in [0.2, 0.25) is 0 Å². The number of carbonyl (C=O) groups excluding carboxylic acids is 1. The van der Waals surface area contributed by atoms with Gasteiger partial charge in [0.2, 0.25) is 0 Å². The highest BCUT2D eigenvalue weighted by atomic mass is 16.5. The molecule has 0 bridgehead atoms. The summed E-state index contributed by atoms with van der Waals surface area (Å²) in [4.78, 5) is 26.2. The Hall–Kier alpha value is -2.09. The average Bonchev–Trinajstić information content (AvgIpc) is 3.10. The van der Waals surface area contributed by atoms with E-state index in [2.05, 4.69) is 4.98 Å². The summed E-state index contributed by atoms with van der Waals surface area (Å²) in [6, 6.07) is 3.56. The Kier molecular flexibility index (Phi) is 2.95. The Bertz CT molecular complexity index is 591. The monoisotopic (exact) mass is 246 g/mol. The Morgan fingerprint density at radius 1 is 1.61 bits per heavy atom. The molecule has 0 amide bonds. The number of H-pyrrole nitrogens is 1. The molecular formula is C13H14N2O3. The first-order chi connectivity index (χ1) is 8.55. The van der Waals surface area contributed by atoms with Gasteiger partial charge in [-0.3, -0.25) is 9.59 Å². The molecule has 0 aromatic carbocycles. The molecule has 0 atom stereocenters. The van der Waals surface area contributed by atoms with E-state index in [1.807, 2.05) is 6.07 Å². The van der Waals surface area contributed by atoms with E-state index < -0.39 is 11.0 Å². The van der Waals surface area contributed by atoms with Crippen molar-refractivity contribution in [1.29, 1.82) is 5.26 Å². The first-order valence-corrected chi connectivity index (χ1v) is 5.87. The van der Waals surface area contributed by atoms with Crippen LogP contribution in [0, 0.1) is 18.3 Å². The number of aromatic amines is 1. The summed E-state index contributed by atoms with van der Waals surface area (Å²) in [5, 5.41) is 8.84. The molecule has 1 saturated carbocycles. The third kappa shape index (κ3) is 1.80. The Labute approximate surface area is 104 Å². The van der Waals surface area contributed by atoms with Gasteiger partial charge in [-0.15, -0.1) is 0 Å². The van der Waals surface area contributed by atoms with Crippen LogP contribution in [0.3, 0.4) is 0 Å². The largest absolute Gasteiger partial charge is 0.465 e. The number of aryl methyl sites for hydroxylation is 1. The summed E-state index contributed by atoms with van der Waals surface area (Å²) in [6.45, 7) is 3.76. The average molecular weight is 246 g/mol. The number of aromatic nitrogens is 1. The normalized spacial score (nSPS) is 15.8. The summed E-state index contributed by atoms with van der Waals surface area (Å²) in [5.74, 6) is -0.301. The van der Waals surface area contributed by atoms with E-state index in [1.54, 1.807) is 19.9 Å². The van der Waals surface area contributed by atoms with Gasteiger partial charge < -0.3 is 9.72 Å². The number of esters is 1. The lowest BCUT2D eigenvalue weighted by atomic mass is 9.99. The molecule has 0 spiro atoms. The van der Waals surface area contributed by atoms with Crippen molar-refractivity contribution in [3.63, 3.8) is 0 Å². The van der Waals surface area contributed by atoms with Crippen LogP contribution < -0.4 is 5.56 Å². The van der Waals surface area contributed by atoms with Gasteiger partial charge in [-0.25, -0.2) is 0 Å². The number of hydrogen-bond acceptors (Lipinski definition) is 4. The smallest absolute Gasteiger partial charge is 0.318 e. The lowest BCUT2D eigenvalue weighted by Gasteiger charge is -2.14. The molecule has 1 aliphatic rings. The summed E-state index contributed by atoms with van der Waals surface area (Å²) < 4.78 is 5.03. The zero-order valence-corrected chi connectivity index (χ0v) is 10.4. The fourth-order valence-corrected chi connectivity index (χ4v) is 2.06. The summed E-state index contributed by atoms with van der Waals surface area (Å²) >= 11 is 0. The molecule has 1 heterocycles. The van der Waals surface area contributed by atoms with Crippen molar-refractivity contribution in [2.75, 3.05) is 6.61 Å². The molecule has 0 unspecified atom stereocenters. The molecule has 0 saturated heterocycles. The van der Waals surface area contributed by atoms with Crippen molar-refractivity contribution in [3.8, 4) is 6.07 Å². The second-order valence-electron chi connectivity index (χ2n) is 4.48. The van der Waals surface area contributed by atoms with Crippen LogP contribution in [0.1, 0.15) is 36.6 Å². The van der Waals surface area contributed by atoms with Gasteiger partial charge in [-0.2, -0.15) is 5.26 Å². The topological polar surface area (TPSA) is 82.9 Å². The highest BCUT2D eigenvalue weighted by Gasteiger charge is 2.53. The predicted molar refractivity (Wildman–Crippen MR) is 64.1 cm³/mol. The van der Waals surface area contributed by atoms with Crippen LogP contribution in [-0.2, 0) is 14.9 Å². The second kappa shape index (κ2) is 4.30.